The van der Waals surface area contributed by atoms with Gasteiger partial charge in [0, 0.05) is 11.8 Å². The number of hydrogen-bond donors (Lipinski definition) is 1. The fraction of sp³-hybridized carbons (Fsp3) is 0.143. The second-order valence-corrected chi connectivity index (χ2v) is 7.83. The number of carbonyl (C=O) groups is 4. The van der Waals surface area contributed by atoms with Crippen LogP contribution in [-0.2, 0) is 9.53 Å². The van der Waals surface area contributed by atoms with Crippen molar-refractivity contribution in [3.63, 3.8) is 0 Å². The van der Waals surface area contributed by atoms with Crippen molar-refractivity contribution in [1.29, 1.82) is 0 Å². The Balaban J connectivity index is 1.43. The summed E-state index contributed by atoms with van der Waals surface area (Å²) in [6, 6.07) is 10.7. The maximum Gasteiger partial charge on any atom is 0.338 e. The van der Waals surface area contributed by atoms with E-state index in [1.54, 1.807) is 31.2 Å². The third-order valence-corrected chi connectivity index (χ3v) is 5.34. The van der Waals surface area contributed by atoms with Crippen LogP contribution in [0.2, 0.25) is 0 Å². The van der Waals surface area contributed by atoms with Crippen molar-refractivity contribution in [2.75, 3.05) is 23.9 Å². The van der Waals surface area contributed by atoms with E-state index in [1.807, 2.05) is 0 Å². The highest BCUT2D eigenvalue weighted by Crippen LogP contribution is 2.31. The van der Waals surface area contributed by atoms with E-state index in [1.165, 1.54) is 25.3 Å². The number of amides is 3. The van der Waals surface area contributed by atoms with Gasteiger partial charge in [0.15, 0.2) is 6.61 Å². The first-order valence-corrected chi connectivity index (χ1v) is 10.1. The Morgan fingerprint density at radius 2 is 1.84 bits per heavy atom. The van der Waals surface area contributed by atoms with Gasteiger partial charge in [0.25, 0.3) is 17.7 Å². The Morgan fingerprint density at radius 3 is 2.56 bits per heavy atom. The molecule has 162 valence electrons. The summed E-state index contributed by atoms with van der Waals surface area (Å²) in [6.45, 7) is 1.17. The number of anilines is 2. The summed E-state index contributed by atoms with van der Waals surface area (Å²) in [4.78, 5) is 50.7. The Morgan fingerprint density at radius 1 is 1.06 bits per heavy atom. The van der Waals surface area contributed by atoms with Crippen LogP contribution in [0.1, 0.15) is 36.1 Å². The number of nitrogens with zero attached hydrogens (tertiary/aromatic N) is 3. The molecule has 1 N–H and O–H groups in total. The zero-order valence-electron chi connectivity index (χ0n) is 16.9. The molecule has 2 heterocycles. The fourth-order valence-electron chi connectivity index (χ4n) is 3.03. The van der Waals surface area contributed by atoms with Crippen LogP contribution >= 0.6 is 11.3 Å². The predicted molar refractivity (Wildman–Crippen MR) is 114 cm³/mol. The number of aryl methyl sites for hydroxylation is 1. The molecule has 1 aliphatic heterocycles. The zero-order chi connectivity index (χ0) is 22.8. The van der Waals surface area contributed by atoms with Crippen molar-refractivity contribution in [1.82, 2.24) is 10.2 Å². The summed E-state index contributed by atoms with van der Waals surface area (Å²) in [5.74, 6) is -1.93. The van der Waals surface area contributed by atoms with Gasteiger partial charge in [0.2, 0.25) is 5.13 Å². The van der Waals surface area contributed by atoms with E-state index in [0.717, 1.165) is 16.2 Å². The molecular weight excluding hydrogens is 436 g/mol. The lowest BCUT2D eigenvalue weighted by Gasteiger charge is -2.08. The van der Waals surface area contributed by atoms with E-state index in [9.17, 15) is 19.2 Å². The van der Waals surface area contributed by atoms with Gasteiger partial charge in [-0.2, -0.15) is 0 Å². The minimum absolute atomic E-state index is 0.0365. The van der Waals surface area contributed by atoms with Crippen molar-refractivity contribution in [3.8, 4) is 5.75 Å². The molecule has 3 amide bonds. The average molecular weight is 452 g/mol. The normalized spacial score (nSPS) is 12.5. The van der Waals surface area contributed by atoms with Crippen LogP contribution in [0, 0.1) is 6.92 Å². The number of esters is 1. The molecule has 0 saturated carbocycles. The quantitative estimate of drug-likeness (QED) is 0.446. The third-order valence-electron chi connectivity index (χ3n) is 4.52. The fourth-order valence-corrected chi connectivity index (χ4v) is 3.71. The number of hydrogen-bond acceptors (Lipinski definition) is 9. The number of ether oxygens (including phenoxy) is 2. The number of nitrogens with one attached hydrogen (secondary N) is 1. The topological polar surface area (TPSA) is 128 Å². The predicted octanol–water partition coefficient (Wildman–Crippen LogP) is 2.45. The molecule has 1 aliphatic rings. The number of benzene rings is 2. The first kappa shape index (κ1) is 21.1. The van der Waals surface area contributed by atoms with Crippen LogP contribution in [-0.4, -0.2) is 47.6 Å². The highest BCUT2D eigenvalue weighted by Gasteiger charge is 2.39. The molecule has 0 atom stereocenters. The molecule has 0 aliphatic carbocycles. The summed E-state index contributed by atoms with van der Waals surface area (Å²) in [7, 11) is 1.51. The van der Waals surface area contributed by atoms with E-state index >= 15 is 0 Å². The maximum absolute atomic E-state index is 12.7. The molecule has 2 aromatic carbocycles. The third kappa shape index (κ3) is 4.05. The lowest BCUT2D eigenvalue weighted by molar-refractivity contribution is -0.119. The van der Waals surface area contributed by atoms with Crippen LogP contribution in [0.5, 0.6) is 5.75 Å². The number of carbonyl (C=O) groups excluding carboxylic acids is 4. The second-order valence-electron chi connectivity index (χ2n) is 6.67. The van der Waals surface area contributed by atoms with E-state index in [0.29, 0.717) is 16.4 Å². The van der Waals surface area contributed by atoms with E-state index < -0.39 is 30.3 Å². The maximum atomic E-state index is 12.7. The minimum atomic E-state index is -0.806. The Bertz CT molecular complexity index is 1250. The average Bonchev–Trinajstić information content (AvgIpc) is 3.32. The summed E-state index contributed by atoms with van der Waals surface area (Å²) in [5.41, 5.74) is 0.724. The van der Waals surface area contributed by atoms with Crippen molar-refractivity contribution < 1.29 is 28.7 Å². The molecular formula is C21H16N4O6S. The lowest BCUT2D eigenvalue weighted by Crippen LogP contribution is -2.29. The Labute approximate surface area is 185 Å². The van der Waals surface area contributed by atoms with Gasteiger partial charge in [0.05, 0.1) is 23.8 Å². The van der Waals surface area contributed by atoms with Crippen LogP contribution in [0.3, 0.4) is 0 Å². The molecule has 11 heteroatoms. The first-order chi connectivity index (χ1) is 15.4. The molecule has 1 aromatic heterocycles. The Hall–Kier alpha value is -4.12. The zero-order valence-corrected chi connectivity index (χ0v) is 17.8. The summed E-state index contributed by atoms with van der Waals surface area (Å²) in [5, 5.41) is 11.0. The second kappa shape index (κ2) is 8.55. The standard InChI is InChI=1S/C21H16N4O6S/c1-11-23-24-21(32-11)25-18(27)15-7-6-12(8-16(15)19(25)28)20(29)31-10-17(26)22-13-4-3-5-14(9-13)30-2/h3-9H,10H2,1-2H3,(H,22,26). The number of aromatic nitrogens is 2. The summed E-state index contributed by atoms with van der Waals surface area (Å²) >= 11 is 1.11. The van der Waals surface area contributed by atoms with Gasteiger partial charge >= 0.3 is 5.97 Å². The summed E-state index contributed by atoms with van der Waals surface area (Å²) < 4.78 is 10.1. The molecule has 4 rings (SSSR count). The van der Waals surface area contributed by atoms with Gasteiger partial charge in [-0.3, -0.25) is 14.4 Å². The van der Waals surface area contributed by atoms with Crippen molar-refractivity contribution >= 4 is 45.8 Å². The molecule has 0 spiro atoms. The van der Waals surface area contributed by atoms with Crippen molar-refractivity contribution in [2.45, 2.75) is 6.92 Å². The van der Waals surface area contributed by atoms with E-state index in [-0.39, 0.29) is 21.8 Å². The highest BCUT2D eigenvalue weighted by atomic mass is 32.1. The number of rotatable bonds is 6. The largest absolute Gasteiger partial charge is 0.497 e. The molecule has 32 heavy (non-hydrogen) atoms. The lowest BCUT2D eigenvalue weighted by atomic mass is 10.1. The molecule has 10 nitrogen and oxygen atoms in total. The van der Waals surface area contributed by atoms with Crippen LogP contribution in [0.25, 0.3) is 0 Å². The van der Waals surface area contributed by atoms with E-state index in [2.05, 4.69) is 15.5 Å². The monoisotopic (exact) mass is 452 g/mol. The smallest absolute Gasteiger partial charge is 0.338 e. The van der Waals surface area contributed by atoms with Crippen LogP contribution < -0.4 is 15.0 Å². The molecule has 0 radical (unpaired) electrons. The van der Waals surface area contributed by atoms with Crippen LogP contribution in [0.15, 0.2) is 42.5 Å². The summed E-state index contributed by atoms with van der Waals surface area (Å²) in [6.07, 6.45) is 0. The molecule has 0 unspecified atom stereocenters. The number of imide groups is 1. The number of methoxy groups -OCH3 is 1. The van der Waals surface area contributed by atoms with Gasteiger partial charge < -0.3 is 14.8 Å². The Kier molecular flexibility index (Phi) is 5.65. The van der Waals surface area contributed by atoms with Gasteiger partial charge in [-0.25, -0.2) is 9.69 Å². The molecule has 0 fully saturated rings. The highest BCUT2D eigenvalue weighted by molar-refractivity contribution is 7.15. The minimum Gasteiger partial charge on any atom is -0.497 e. The SMILES string of the molecule is COc1cccc(NC(=O)COC(=O)c2ccc3c(c2)C(=O)N(c2nnc(C)s2)C3=O)c1. The van der Waals surface area contributed by atoms with Crippen LogP contribution in [0.4, 0.5) is 10.8 Å². The molecule has 3 aromatic rings. The van der Waals surface area contributed by atoms with Crippen molar-refractivity contribution in [2.24, 2.45) is 0 Å². The van der Waals surface area contributed by atoms with Gasteiger partial charge in [-0.1, -0.05) is 17.4 Å². The van der Waals surface area contributed by atoms with Crippen molar-refractivity contribution in [3.05, 3.63) is 64.2 Å². The molecule has 0 bridgehead atoms. The number of fused-ring (bicyclic) bond motifs is 1. The van der Waals surface area contributed by atoms with Gasteiger partial charge in [-0.05, 0) is 37.3 Å². The van der Waals surface area contributed by atoms with Gasteiger partial charge in [-0.15, -0.1) is 10.2 Å². The van der Waals surface area contributed by atoms with E-state index in [4.69, 9.17) is 9.47 Å². The first-order valence-electron chi connectivity index (χ1n) is 9.31. The molecule has 0 saturated heterocycles. The van der Waals surface area contributed by atoms with Gasteiger partial charge in [0.1, 0.15) is 10.8 Å².